The third-order valence-corrected chi connectivity index (χ3v) is 4.87. The van der Waals surface area contributed by atoms with Crippen LogP contribution in [0.15, 0.2) is 29.2 Å². The Morgan fingerprint density at radius 1 is 1.41 bits per heavy atom. The minimum atomic E-state index is -3.27. The van der Waals surface area contributed by atoms with Crippen LogP contribution in [0.1, 0.15) is 5.56 Å². The van der Waals surface area contributed by atoms with E-state index in [1.165, 1.54) is 0 Å². The molecular weight excluding hydrogens is 236 g/mol. The van der Waals surface area contributed by atoms with Crippen molar-refractivity contribution >= 4 is 10.0 Å². The Balaban J connectivity index is 2.11. The molecule has 17 heavy (non-hydrogen) atoms. The summed E-state index contributed by atoms with van der Waals surface area (Å²) in [6, 6.07) is 7.07. The summed E-state index contributed by atoms with van der Waals surface area (Å²) in [6.07, 6.45) is 0. The minimum Gasteiger partial charge on any atom is -0.319 e. The van der Waals surface area contributed by atoms with E-state index in [9.17, 15) is 8.42 Å². The summed E-state index contributed by atoms with van der Waals surface area (Å²) in [5.41, 5.74) is 0.971. The highest BCUT2D eigenvalue weighted by molar-refractivity contribution is 7.89. The highest BCUT2D eigenvalue weighted by Gasteiger charge is 2.36. The van der Waals surface area contributed by atoms with E-state index in [1.807, 2.05) is 20.0 Å². The summed E-state index contributed by atoms with van der Waals surface area (Å²) in [5.74, 6) is 0.444. The lowest BCUT2D eigenvalue weighted by Gasteiger charge is -2.38. The predicted octanol–water partition coefficient (Wildman–Crippen LogP) is 0.835. The number of aryl methyl sites for hydroxylation is 1. The molecule has 0 aliphatic carbocycles. The topological polar surface area (TPSA) is 49.4 Å². The number of hydrogen-bond donors (Lipinski definition) is 1. The number of sulfonamides is 1. The zero-order valence-electron chi connectivity index (χ0n) is 10.2. The van der Waals surface area contributed by atoms with Crippen molar-refractivity contribution in [3.8, 4) is 0 Å². The highest BCUT2D eigenvalue weighted by atomic mass is 32.2. The molecule has 1 heterocycles. The molecule has 0 saturated carbocycles. The van der Waals surface area contributed by atoms with Crippen LogP contribution in [0.4, 0.5) is 0 Å². The average Bonchev–Trinajstić information content (AvgIpc) is 2.22. The molecule has 5 heteroatoms. The van der Waals surface area contributed by atoms with Crippen LogP contribution in [0.3, 0.4) is 0 Å². The Hall–Kier alpha value is -0.910. The molecule has 0 bridgehead atoms. The fraction of sp³-hybridized carbons (Fsp3) is 0.500. The number of hydrogen-bond acceptors (Lipinski definition) is 3. The first-order valence-corrected chi connectivity index (χ1v) is 7.19. The lowest BCUT2D eigenvalue weighted by Crippen LogP contribution is -2.52. The van der Waals surface area contributed by atoms with Crippen LogP contribution in [0.25, 0.3) is 0 Å². The molecular formula is C12H18N2O2S. The molecule has 1 aromatic carbocycles. The lowest BCUT2D eigenvalue weighted by molar-refractivity contribution is 0.199. The van der Waals surface area contributed by atoms with Crippen molar-refractivity contribution < 1.29 is 8.42 Å². The Morgan fingerprint density at radius 2 is 2.12 bits per heavy atom. The van der Waals surface area contributed by atoms with Gasteiger partial charge in [0, 0.05) is 19.6 Å². The number of benzene rings is 1. The van der Waals surface area contributed by atoms with Crippen molar-refractivity contribution in [2.45, 2.75) is 11.8 Å². The fourth-order valence-corrected chi connectivity index (χ4v) is 3.76. The van der Waals surface area contributed by atoms with Crippen LogP contribution in [-0.2, 0) is 10.0 Å². The van der Waals surface area contributed by atoms with E-state index in [4.69, 9.17) is 0 Å². The van der Waals surface area contributed by atoms with E-state index in [-0.39, 0.29) is 0 Å². The molecule has 1 aliphatic rings. The molecule has 0 atom stereocenters. The van der Waals surface area contributed by atoms with Gasteiger partial charge in [-0.3, -0.25) is 0 Å². The summed E-state index contributed by atoms with van der Waals surface area (Å²) in [5, 5.41) is 3.07. The van der Waals surface area contributed by atoms with Crippen LogP contribution in [0, 0.1) is 12.8 Å². The van der Waals surface area contributed by atoms with Crippen molar-refractivity contribution in [3.05, 3.63) is 29.8 Å². The third kappa shape index (κ3) is 2.51. The maximum atomic E-state index is 12.2. The lowest BCUT2D eigenvalue weighted by atomic mass is 10.0. The van der Waals surface area contributed by atoms with Gasteiger partial charge in [-0.05, 0) is 37.6 Å². The first-order chi connectivity index (χ1) is 8.04. The van der Waals surface area contributed by atoms with E-state index >= 15 is 0 Å². The zero-order valence-corrected chi connectivity index (χ0v) is 11.0. The van der Waals surface area contributed by atoms with Crippen molar-refractivity contribution in [1.29, 1.82) is 0 Å². The standard InChI is InChI=1S/C12H18N2O2S/c1-10-4-3-5-12(6-10)17(15,16)14-8-11(9-14)7-13-2/h3-6,11,13H,7-9H2,1-2H3. The summed E-state index contributed by atoms with van der Waals surface area (Å²) in [7, 11) is -1.38. The first-order valence-electron chi connectivity index (χ1n) is 5.75. The number of nitrogens with zero attached hydrogens (tertiary/aromatic N) is 1. The second kappa shape index (κ2) is 4.76. The summed E-state index contributed by atoms with van der Waals surface area (Å²) in [4.78, 5) is 0.403. The largest absolute Gasteiger partial charge is 0.319 e. The van der Waals surface area contributed by atoms with Gasteiger partial charge in [-0.1, -0.05) is 12.1 Å². The molecule has 0 spiro atoms. The van der Waals surface area contributed by atoms with Gasteiger partial charge < -0.3 is 5.32 Å². The number of rotatable bonds is 4. The molecule has 1 aliphatic heterocycles. The third-order valence-electron chi connectivity index (χ3n) is 3.04. The molecule has 2 rings (SSSR count). The average molecular weight is 254 g/mol. The monoisotopic (exact) mass is 254 g/mol. The fourth-order valence-electron chi connectivity index (χ4n) is 2.06. The van der Waals surface area contributed by atoms with Gasteiger partial charge in [0.05, 0.1) is 4.90 Å². The Morgan fingerprint density at radius 3 is 2.71 bits per heavy atom. The van der Waals surface area contributed by atoms with Crippen LogP contribution < -0.4 is 5.32 Å². The van der Waals surface area contributed by atoms with Gasteiger partial charge in [0.25, 0.3) is 0 Å². The Bertz CT molecular complexity index is 493. The SMILES string of the molecule is CNCC1CN(S(=O)(=O)c2cccc(C)c2)C1. The van der Waals surface area contributed by atoms with E-state index < -0.39 is 10.0 Å². The molecule has 1 fully saturated rings. The number of nitrogens with one attached hydrogen (secondary N) is 1. The van der Waals surface area contributed by atoms with Crippen molar-refractivity contribution in [1.82, 2.24) is 9.62 Å². The minimum absolute atomic E-state index is 0.403. The first kappa shape index (κ1) is 12.5. The van der Waals surface area contributed by atoms with E-state index in [2.05, 4.69) is 5.32 Å². The molecule has 4 nitrogen and oxygen atoms in total. The maximum Gasteiger partial charge on any atom is 0.243 e. The van der Waals surface area contributed by atoms with Gasteiger partial charge >= 0.3 is 0 Å². The van der Waals surface area contributed by atoms with Crippen LogP contribution in [0.5, 0.6) is 0 Å². The van der Waals surface area contributed by atoms with Gasteiger partial charge in [0.2, 0.25) is 10.0 Å². The Kier molecular flexibility index (Phi) is 3.51. The molecule has 0 aromatic heterocycles. The zero-order chi connectivity index (χ0) is 12.5. The highest BCUT2D eigenvalue weighted by Crippen LogP contribution is 2.24. The summed E-state index contributed by atoms with van der Waals surface area (Å²) < 4.78 is 26.0. The van der Waals surface area contributed by atoms with Gasteiger partial charge in [-0.25, -0.2) is 8.42 Å². The molecule has 94 valence electrons. The molecule has 0 amide bonds. The molecule has 1 aromatic rings. The van der Waals surface area contributed by atoms with Crippen molar-refractivity contribution in [2.75, 3.05) is 26.7 Å². The van der Waals surface area contributed by atoms with E-state index in [0.29, 0.717) is 23.9 Å². The van der Waals surface area contributed by atoms with Gasteiger partial charge in [-0.15, -0.1) is 0 Å². The van der Waals surface area contributed by atoms with Crippen LogP contribution in [0.2, 0.25) is 0 Å². The van der Waals surface area contributed by atoms with Crippen LogP contribution in [-0.4, -0.2) is 39.4 Å². The second-order valence-corrected chi connectivity index (χ2v) is 6.50. The quantitative estimate of drug-likeness (QED) is 0.866. The molecule has 0 unspecified atom stereocenters. The normalized spacial score (nSPS) is 18.0. The van der Waals surface area contributed by atoms with Gasteiger partial charge in [0.15, 0.2) is 0 Å². The predicted molar refractivity (Wildman–Crippen MR) is 67.4 cm³/mol. The molecule has 1 saturated heterocycles. The smallest absolute Gasteiger partial charge is 0.243 e. The van der Waals surface area contributed by atoms with Gasteiger partial charge in [0.1, 0.15) is 0 Å². The van der Waals surface area contributed by atoms with E-state index in [0.717, 1.165) is 12.1 Å². The second-order valence-electron chi connectivity index (χ2n) is 4.56. The molecule has 0 radical (unpaired) electrons. The molecule has 1 N–H and O–H groups in total. The summed E-state index contributed by atoms with van der Waals surface area (Å²) >= 11 is 0. The Labute approximate surface area is 103 Å². The van der Waals surface area contributed by atoms with Crippen LogP contribution >= 0.6 is 0 Å². The van der Waals surface area contributed by atoms with Crippen molar-refractivity contribution in [2.24, 2.45) is 5.92 Å². The summed E-state index contributed by atoms with van der Waals surface area (Å²) in [6.45, 7) is 4.02. The van der Waals surface area contributed by atoms with Crippen molar-refractivity contribution in [3.63, 3.8) is 0 Å². The van der Waals surface area contributed by atoms with Gasteiger partial charge in [-0.2, -0.15) is 4.31 Å². The van der Waals surface area contributed by atoms with E-state index in [1.54, 1.807) is 22.5 Å². The maximum absolute atomic E-state index is 12.2.